The number of halogens is 1. The van der Waals surface area contributed by atoms with Crippen LogP contribution in [0.1, 0.15) is 40.5 Å². The number of nitrogens with zero attached hydrogens (tertiary/aromatic N) is 3. The van der Waals surface area contributed by atoms with E-state index >= 15 is 0 Å². The topological polar surface area (TPSA) is 71.1 Å². The standard InChI is InChI=1S/C14H15ClN4O2/c1-21-19(8-9-2-6-11(15)7-3-9)14(20)13-12(10-4-5-10)16-18-17-13/h2-3,6-7,10H,4-5,8H2,1H3,(H,16,17,18). The second-order valence-electron chi connectivity index (χ2n) is 4.98. The number of amides is 1. The molecule has 6 nitrogen and oxygen atoms in total. The number of aromatic nitrogens is 3. The molecule has 1 fully saturated rings. The minimum atomic E-state index is -0.289. The van der Waals surface area contributed by atoms with E-state index in [0.717, 1.165) is 24.1 Å². The van der Waals surface area contributed by atoms with Crippen molar-refractivity contribution in [2.24, 2.45) is 0 Å². The van der Waals surface area contributed by atoms with E-state index in [4.69, 9.17) is 16.4 Å². The number of rotatable bonds is 5. The van der Waals surface area contributed by atoms with Crippen LogP contribution in [0.25, 0.3) is 0 Å². The number of carbonyl (C=O) groups is 1. The van der Waals surface area contributed by atoms with Crippen LogP contribution in [-0.4, -0.2) is 33.5 Å². The zero-order valence-corrected chi connectivity index (χ0v) is 12.3. The number of hydrogen-bond donors (Lipinski definition) is 1. The Morgan fingerprint density at radius 3 is 2.71 bits per heavy atom. The monoisotopic (exact) mass is 306 g/mol. The minimum absolute atomic E-state index is 0.289. The molecule has 1 heterocycles. The summed E-state index contributed by atoms with van der Waals surface area (Å²) in [4.78, 5) is 17.7. The maximum absolute atomic E-state index is 12.5. The molecular weight excluding hydrogens is 292 g/mol. The van der Waals surface area contributed by atoms with Gasteiger partial charge in [-0.3, -0.25) is 9.63 Å². The van der Waals surface area contributed by atoms with Crippen LogP contribution >= 0.6 is 11.6 Å². The van der Waals surface area contributed by atoms with Gasteiger partial charge in [0.15, 0.2) is 5.69 Å². The molecule has 0 aliphatic heterocycles. The Bertz CT molecular complexity index is 637. The average Bonchev–Trinajstić information content (AvgIpc) is 3.23. The molecule has 7 heteroatoms. The Morgan fingerprint density at radius 2 is 2.10 bits per heavy atom. The maximum Gasteiger partial charge on any atom is 0.300 e. The maximum atomic E-state index is 12.5. The molecule has 1 aromatic carbocycles. The molecule has 2 aromatic rings. The van der Waals surface area contributed by atoms with Gasteiger partial charge in [-0.15, -0.1) is 0 Å². The molecule has 1 aliphatic rings. The molecule has 0 spiro atoms. The third kappa shape index (κ3) is 3.06. The third-order valence-corrected chi connectivity index (χ3v) is 3.68. The van der Waals surface area contributed by atoms with Gasteiger partial charge in [-0.1, -0.05) is 23.7 Å². The van der Waals surface area contributed by atoms with E-state index in [-0.39, 0.29) is 5.91 Å². The van der Waals surface area contributed by atoms with E-state index in [9.17, 15) is 4.79 Å². The first-order valence-corrected chi connectivity index (χ1v) is 7.08. The predicted octanol–water partition coefficient (Wildman–Crippen LogP) is 2.54. The highest BCUT2D eigenvalue weighted by Gasteiger charge is 2.33. The number of aromatic amines is 1. The van der Waals surface area contributed by atoms with Crippen molar-refractivity contribution in [3.8, 4) is 0 Å². The van der Waals surface area contributed by atoms with Gasteiger partial charge in [0, 0.05) is 10.9 Å². The molecule has 21 heavy (non-hydrogen) atoms. The summed E-state index contributed by atoms with van der Waals surface area (Å²) < 4.78 is 0. The molecule has 0 saturated heterocycles. The van der Waals surface area contributed by atoms with Crippen molar-refractivity contribution >= 4 is 17.5 Å². The zero-order valence-electron chi connectivity index (χ0n) is 11.5. The summed E-state index contributed by atoms with van der Waals surface area (Å²) in [5.41, 5.74) is 2.00. The van der Waals surface area contributed by atoms with E-state index in [1.165, 1.54) is 12.2 Å². The van der Waals surface area contributed by atoms with Crippen LogP contribution in [0.15, 0.2) is 24.3 Å². The summed E-state index contributed by atoms with van der Waals surface area (Å²) in [5, 5.41) is 12.5. The van der Waals surface area contributed by atoms with Crippen LogP contribution in [0, 0.1) is 0 Å². The Morgan fingerprint density at radius 1 is 1.38 bits per heavy atom. The van der Waals surface area contributed by atoms with Gasteiger partial charge in [0.2, 0.25) is 0 Å². The lowest BCUT2D eigenvalue weighted by molar-refractivity contribution is -0.102. The van der Waals surface area contributed by atoms with Crippen LogP contribution in [0.2, 0.25) is 5.02 Å². The molecule has 1 saturated carbocycles. The summed E-state index contributed by atoms with van der Waals surface area (Å²) in [7, 11) is 1.46. The van der Waals surface area contributed by atoms with Gasteiger partial charge in [0.25, 0.3) is 5.91 Å². The van der Waals surface area contributed by atoms with Crippen molar-refractivity contribution in [3.05, 3.63) is 46.2 Å². The average molecular weight is 307 g/mol. The lowest BCUT2D eigenvalue weighted by atomic mass is 10.2. The third-order valence-electron chi connectivity index (χ3n) is 3.43. The largest absolute Gasteiger partial charge is 0.300 e. The first-order chi connectivity index (χ1) is 10.2. The fourth-order valence-electron chi connectivity index (χ4n) is 2.13. The molecule has 1 amide bonds. The van der Waals surface area contributed by atoms with E-state index < -0.39 is 0 Å². The fourth-order valence-corrected chi connectivity index (χ4v) is 2.26. The summed E-state index contributed by atoms with van der Waals surface area (Å²) >= 11 is 5.85. The van der Waals surface area contributed by atoms with Crippen molar-refractivity contribution in [3.63, 3.8) is 0 Å². The number of carbonyl (C=O) groups excluding carboxylic acids is 1. The van der Waals surface area contributed by atoms with E-state index in [0.29, 0.717) is 23.2 Å². The molecule has 110 valence electrons. The number of benzene rings is 1. The van der Waals surface area contributed by atoms with Gasteiger partial charge >= 0.3 is 0 Å². The highest BCUT2D eigenvalue weighted by atomic mass is 35.5. The summed E-state index contributed by atoms with van der Waals surface area (Å²) in [5.74, 6) is 0.0556. The van der Waals surface area contributed by atoms with E-state index in [1.54, 1.807) is 12.1 Å². The normalized spacial score (nSPS) is 14.2. The quantitative estimate of drug-likeness (QED) is 0.862. The Balaban J connectivity index is 1.77. The molecular formula is C14H15ClN4O2. The Hall–Kier alpha value is -1.92. The molecule has 0 radical (unpaired) electrons. The predicted molar refractivity (Wildman–Crippen MR) is 76.7 cm³/mol. The smallest absolute Gasteiger partial charge is 0.274 e. The molecule has 3 rings (SSSR count). The second kappa shape index (κ2) is 5.83. The van der Waals surface area contributed by atoms with E-state index in [2.05, 4.69) is 15.4 Å². The van der Waals surface area contributed by atoms with E-state index in [1.807, 2.05) is 12.1 Å². The van der Waals surface area contributed by atoms with Gasteiger partial charge in [0.1, 0.15) is 0 Å². The van der Waals surface area contributed by atoms with Crippen molar-refractivity contribution in [2.45, 2.75) is 25.3 Å². The second-order valence-corrected chi connectivity index (χ2v) is 5.42. The number of hydroxylamine groups is 2. The van der Waals surface area contributed by atoms with Crippen molar-refractivity contribution < 1.29 is 9.63 Å². The van der Waals surface area contributed by atoms with Gasteiger partial charge in [0.05, 0.1) is 19.3 Å². The first kappa shape index (κ1) is 14.0. The van der Waals surface area contributed by atoms with Gasteiger partial charge in [-0.05, 0) is 30.5 Å². The van der Waals surface area contributed by atoms with Crippen LogP contribution in [0.4, 0.5) is 0 Å². The van der Waals surface area contributed by atoms with Gasteiger partial charge in [-0.25, -0.2) is 5.06 Å². The van der Waals surface area contributed by atoms with Crippen LogP contribution in [0.5, 0.6) is 0 Å². The molecule has 0 atom stereocenters. The van der Waals surface area contributed by atoms with Crippen molar-refractivity contribution in [1.82, 2.24) is 20.5 Å². The molecule has 0 unspecified atom stereocenters. The molecule has 1 aromatic heterocycles. The lowest BCUT2D eigenvalue weighted by Gasteiger charge is -2.19. The zero-order chi connectivity index (χ0) is 14.8. The summed E-state index contributed by atoms with van der Waals surface area (Å²) in [6.07, 6.45) is 2.11. The minimum Gasteiger partial charge on any atom is -0.274 e. The lowest BCUT2D eigenvalue weighted by Crippen LogP contribution is -2.30. The first-order valence-electron chi connectivity index (χ1n) is 6.70. The highest BCUT2D eigenvalue weighted by Crippen LogP contribution is 2.40. The molecule has 1 aliphatic carbocycles. The fraction of sp³-hybridized carbons (Fsp3) is 0.357. The van der Waals surface area contributed by atoms with Crippen LogP contribution in [-0.2, 0) is 11.4 Å². The Labute approximate surface area is 127 Å². The molecule has 1 N–H and O–H groups in total. The number of hydrogen-bond acceptors (Lipinski definition) is 4. The van der Waals surface area contributed by atoms with Crippen LogP contribution in [0.3, 0.4) is 0 Å². The van der Waals surface area contributed by atoms with Gasteiger partial charge in [-0.2, -0.15) is 15.4 Å². The highest BCUT2D eigenvalue weighted by molar-refractivity contribution is 6.30. The number of H-pyrrole nitrogens is 1. The Kier molecular flexibility index (Phi) is 3.90. The summed E-state index contributed by atoms with van der Waals surface area (Å²) in [6, 6.07) is 7.26. The summed E-state index contributed by atoms with van der Waals surface area (Å²) in [6.45, 7) is 0.323. The van der Waals surface area contributed by atoms with Crippen molar-refractivity contribution in [2.75, 3.05) is 7.11 Å². The SMILES string of the molecule is CON(Cc1ccc(Cl)cc1)C(=O)c1n[nH]nc1C1CC1. The number of nitrogens with one attached hydrogen (secondary N) is 1. The van der Waals surface area contributed by atoms with Gasteiger partial charge < -0.3 is 0 Å². The van der Waals surface area contributed by atoms with Crippen LogP contribution < -0.4 is 0 Å². The molecule has 0 bridgehead atoms. The van der Waals surface area contributed by atoms with Crippen molar-refractivity contribution in [1.29, 1.82) is 0 Å².